The first kappa shape index (κ1) is 32.3. The Morgan fingerprint density at radius 3 is 2.25 bits per heavy atom. The smallest absolute Gasteiger partial charge is 0.239 e. The van der Waals surface area contributed by atoms with Gasteiger partial charge < -0.3 is 4.74 Å². The zero-order chi connectivity index (χ0) is 36.7. The van der Waals surface area contributed by atoms with E-state index in [1.807, 2.05) is 0 Å². The normalized spacial score (nSPS) is 18.3. The average molecular weight is 705 g/mol. The van der Waals surface area contributed by atoms with Crippen molar-refractivity contribution in [3.8, 4) is 22.6 Å². The molecule has 0 saturated carbocycles. The number of rotatable bonds is 4. The SMILES string of the molecule is Cc1ccc2ccccc2c1B(C1=c2ccccc2=CC[C@H]1C)c1cccc(-c2ccc3c(c2)C2(C4=CC=CCC43)c3ccccc3Oc3ccccc32)c1. The van der Waals surface area contributed by atoms with E-state index in [0.29, 0.717) is 11.8 Å². The van der Waals surface area contributed by atoms with Gasteiger partial charge in [0.05, 0.1) is 5.41 Å². The van der Waals surface area contributed by atoms with Crippen LogP contribution in [0.25, 0.3) is 33.4 Å². The van der Waals surface area contributed by atoms with Crippen LogP contribution in [0.2, 0.25) is 0 Å². The highest BCUT2D eigenvalue weighted by molar-refractivity contribution is 7.00. The van der Waals surface area contributed by atoms with Gasteiger partial charge in [-0.25, -0.2) is 0 Å². The summed E-state index contributed by atoms with van der Waals surface area (Å²) in [5.74, 6) is 2.61. The third-order valence-electron chi connectivity index (χ3n) is 13.1. The summed E-state index contributed by atoms with van der Waals surface area (Å²) < 4.78 is 6.64. The molecule has 1 nitrogen and oxygen atoms in total. The highest BCUT2D eigenvalue weighted by Crippen LogP contribution is 2.64. The van der Waals surface area contributed by atoms with Gasteiger partial charge in [0.1, 0.15) is 11.5 Å². The molecule has 0 radical (unpaired) electrons. The molecule has 11 rings (SSSR count). The molecule has 1 unspecified atom stereocenters. The van der Waals surface area contributed by atoms with E-state index in [0.717, 1.165) is 24.3 Å². The van der Waals surface area contributed by atoms with Gasteiger partial charge in [-0.1, -0.05) is 187 Å². The Labute approximate surface area is 323 Å². The molecule has 7 aromatic rings. The van der Waals surface area contributed by atoms with Crippen molar-refractivity contribution in [1.82, 2.24) is 0 Å². The molecule has 0 saturated heterocycles. The minimum absolute atomic E-state index is 0.102. The van der Waals surface area contributed by atoms with E-state index < -0.39 is 5.41 Å². The highest BCUT2D eigenvalue weighted by atomic mass is 16.5. The predicted octanol–water partition coefficient (Wildman–Crippen LogP) is 10.1. The van der Waals surface area contributed by atoms with Crippen molar-refractivity contribution in [2.45, 2.75) is 38.0 Å². The predicted molar refractivity (Wildman–Crippen MR) is 230 cm³/mol. The van der Waals surface area contributed by atoms with Crippen LogP contribution in [-0.4, -0.2) is 6.71 Å². The molecule has 2 heteroatoms. The van der Waals surface area contributed by atoms with Gasteiger partial charge in [0.15, 0.2) is 0 Å². The first-order valence-electron chi connectivity index (χ1n) is 19.9. The van der Waals surface area contributed by atoms with Crippen LogP contribution in [0.15, 0.2) is 175 Å². The summed E-state index contributed by atoms with van der Waals surface area (Å²) in [6, 6.07) is 56.8. The van der Waals surface area contributed by atoms with Gasteiger partial charge >= 0.3 is 0 Å². The lowest BCUT2D eigenvalue weighted by molar-refractivity contribution is 0.433. The van der Waals surface area contributed by atoms with E-state index >= 15 is 0 Å². The second-order valence-corrected chi connectivity index (χ2v) is 15.9. The zero-order valence-electron chi connectivity index (χ0n) is 31.3. The standard InChI is InChI=1S/C53H41BO/c1-34-26-28-36-14-3-5-18-41(36)51(34)54(52-35(2)27-29-37-15-4-6-19-42(37)52)40-17-13-16-38(32-40)39-30-31-44-43-20-7-8-21-45(43)53(48(44)33-39)46-22-9-11-24-49(46)55-50-25-12-10-23-47(50)53/h3-19,21-26,28-33,35,43H,20,27H2,1-2H3/t35-,43?/m1/s1. The fourth-order valence-electron chi connectivity index (χ4n) is 10.7. The average Bonchev–Trinajstić information content (AvgIpc) is 3.52. The Morgan fingerprint density at radius 2 is 1.40 bits per heavy atom. The van der Waals surface area contributed by atoms with E-state index in [4.69, 9.17) is 4.74 Å². The molecule has 0 fully saturated rings. The zero-order valence-corrected chi connectivity index (χ0v) is 31.3. The summed E-state index contributed by atoms with van der Waals surface area (Å²) in [6.07, 6.45) is 11.5. The molecule has 4 aliphatic rings. The Hall–Kier alpha value is -6.12. The summed E-state index contributed by atoms with van der Waals surface area (Å²) in [5.41, 5.74) is 14.4. The van der Waals surface area contributed by atoms with Crippen molar-refractivity contribution in [3.05, 3.63) is 214 Å². The van der Waals surface area contributed by atoms with Crippen molar-refractivity contribution in [2.24, 2.45) is 5.92 Å². The van der Waals surface area contributed by atoms with E-state index in [1.54, 1.807) is 0 Å². The summed E-state index contributed by atoms with van der Waals surface area (Å²) in [4.78, 5) is 0. The van der Waals surface area contributed by atoms with E-state index in [9.17, 15) is 0 Å². The van der Waals surface area contributed by atoms with Crippen LogP contribution in [0.1, 0.15) is 53.5 Å². The number of hydrogen-bond acceptors (Lipinski definition) is 1. The first-order valence-corrected chi connectivity index (χ1v) is 19.9. The summed E-state index contributed by atoms with van der Waals surface area (Å²) >= 11 is 0. The van der Waals surface area contributed by atoms with Crippen molar-refractivity contribution >= 4 is 40.0 Å². The number of benzene rings is 7. The Balaban J connectivity index is 1.15. The molecule has 55 heavy (non-hydrogen) atoms. The molecular weight excluding hydrogens is 663 g/mol. The van der Waals surface area contributed by atoms with Crippen LogP contribution >= 0.6 is 0 Å². The van der Waals surface area contributed by atoms with Crippen molar-refractivity contribution < 1.29 is 4.74 Å². The maximum absolute atomic E-state index is 6.64. The summed E-state index contributed by atoms with van der Waals surface area (Å²) in [5, 5.41) is 5.36. The highest BCUT2D eigenvalue weighted by Gasteiger charge is 2.54. The molecule has 262 valence electrons. The second kappa shape index (κ2) is 12.5. The number of para-hydroxylation sites is 2. The fourth-order valence-corrected chi connectivity index (χ4v) is 10.7. The third-order valence-corrected chi connectivity index (χ3v) is 13.1. The van der Waals surface area contributed by atoms with Crippen LogP contribution in [0, 0.1) is 12.8 Å². The lowest BCUT2D eigenvalue weighted by atomic mass is 9.32. The number of fused-ring (bicyclic) bond motifs is 11. The topological polar surface area (TPSA) is 9.23 Å². The minimum Gasteiger partial charge on any atom is -0.457 e. The molecule has 3 aliphatic carbocycles. The van der Waals surface area contributed by atoms with E-state index in [2.05, 4.69) is 190 Å². The molecule has 1 spiro atoms. The van der Waals surface area contributed by atoms with E-state index in [-0.39, 0.29) is 6.71 Å². The minimum atomic E-state index is -0.431. The molecule has 7 aromatic carbocycles. The van der Waals surface area contributed by atoms with Gasteiger partial charge in [0, 0.05) is 17.0 Å². The monoisotopic (exact) mass is 704 g/mol. The van der Waals surface area contributed by atoms with Gasteiger partial charge in [-0.3, -0.25) is 0 Å². The maximum Gasteiger partial charge on any atom is 0.239 e. The molecule has 0 amide bonds. The fraction of sp³-hybridized carbons (Fsp3) is 0.132. The molecule has 1 heterocycles. The van der Waals surface area contributed by atoms with Gasteiger partial charge in [0.2, 0.25) is 6.71 Å². The van der Waals surface area contributed by atoms with Gasteiger partial charge in [-0.2, -0.15) is 0 Å². The van der Waals surface area contributed by atoms with Crippen LogP contribution < -0.4 is 26.1 Å². The Bertz CT molecular complexity index is 2860. The first-order chi connectivity index (χ1) is 27.1. The van der Waals surface area contributed by atoms with E-state index in [1.165, 1.54) is 82.1 Å². The van der Waals surface area contributed by atoms with Gasteiger partial charge in [-0.15, -0.1) is 0 Å². The largest absolute Gasteiger partial charge is 0.457 e. The Morgan fingerprint density at radius 1 is 0.655 bits per heavy atom. The number of hydrogen-bond donors (Lipinski definition) is 0. The van der Waals surface area contributed by atoms with Crippen LogP contribution in [0.4, 0.5) is 0 Å². The lowest BCUT2D eigenvalue weighted by Gasteiger charge is -2.40. The van der Waals surface area contributed by atoms with Crippen LogP contribution in [-0.2, 0) is 5.41 Å². The molecule has 0 aromatic heterocycles. The van der Waals surface area contributed by atoms with Gasteiger partial charge in [0.25, 0.3) is 0 Å². The van der Waals surface area contributed by atoms with Crippen LogP contribution in [0.3, 0.4) is 0 Å². The van der Waals surface area contributed by atoms with Crippen molar-refractivity contribution in [3.63, 3.8) is 0 Å². The van der Waals surface area contributed by atoms with Gasteiger partial charge in [-0.05, 0) is 92.9 Å². The number of aryl methyl sites for hydroxylation is 1. The van der Waals surface area contributed by atoms with Crippen molar-refractivity contribution in [1.29, 1.82) is 0 Å². The number of ether oxygens (including phenoxy) is 1. The molecular formula is C53H41BO. The molecule has 0 N–H and O–H groups in total. The molecule has 1 aliphatic heterocycles. The van der Waals surface area contributed by atoms with Crippen molar-refractivity contribution in [2.75, 3.05) is 0 Å². The lowest BCUT2D eigenvalue weighted by Crippen LogP contribution is -2.51. The molecule has 0 bridgehead atoms. The van der Waals surface area contributed by atoms with Crippen LogP contribution in [0.5, 0.6) is 11.5 Å². The number of allylic oxidation sites excluding steroid dienone is 4. The molecule has 2 atom stereocenters. The third kappa shape index (κ3) is 4.74. The maximum atomic E-state index is 6.64. The second-order valence-electron chi connectivity index (χ2n) is 15.9. The summed E-state index contributed by atoms with van der Waals surface area (Å²) in [6.45, 7) is 4.83. The quantitative estimate of drug-likeness (QED) is 0.166. The summed E-state index contributed by atoms with van der Waals surface area (Å²) in [7, 11) is 0. The Kier molecular flexibility index (Phi) is 7.33.